The highest BCUT2D eigenvalue weighted by atomic mass is 16.4. The Morgan fingerprint density at radius 1 is 1.41 bits per heavy atom. The molecule has 0 aliphatic heterocycles. The summed E-state index contributed by atoms with van der Waals surface area (Å²) in [6.45, 7) is 4.39. The van der Waals surface area contributed by atoms with E-state index in [0.717, 1.165) is 5.56 Å². The molecule has 0 saturated heterocycles. The molecular formula is C12H19N3O2. The van der Waals surface area contributed by atoms with Crippen molar-refractivity contribution < 1.29 is 10.3 Å². The lowest BCUT2D eigenvalue weighted by Crippen LogP contribution is -2.42. The summed E-state index contributed by atoms with van der Waals surface area (Å²) < 4.78 is 0. The molecule has 94 valence electrons. The number of amidine groups is 1. The van der Waals surface area contributed by atoms with Crippen molar-refractivity contribution in [3.8, 4) is 0 Å². The van der Waals surface area contributed by atoms with Gasteiger partial charge < -0.3 is 21.4 Å². The van der Waals surface area contributed by atoms with Gasteiger partial charge in [-0.3, -0.25) is 0 Å². The zero-order valence-corrected chi connectivity index (χ0v) is 10.1. The van der Waals surface area contributed by atoms with Crippen molar-refractivity contribution in [2.45, 2.75) is 25.9 Å². The van der Waals surface area contributed by atoms with Gasteiger partial charge in [-0.15, -0.1) is 0 Å². The van der Waals surface area contributed by atoms with Crippen LogP contribution < -0.4 is 11.1 Å². The normalized spacial score (nSPS) is 12.8. The van der Waals surface area contributed by atoms with Gasteiger partial charge >= 0.3 is 0 Å². The van der Waals surface area contributed by atoms with Crippen molar-refractivity contribution in [1.82, 2.24) is 5.32 Å². The third-order valence-corrected chi connectivity index (χ3v) is 2.55. The molecule has 1 rings (SSSR count). The molecule has 0 unspecified atom stereocenters. The number of nitrogens with two attached hydrogens (primary N) is 1. The molecule has 0 amide bonds. The van der Waals surface area contributed by atoms with E-state index in [1.165, 1.54) is 0 Å². The van der Waals surface area contributed by atoms with Gasteiger partial charge in [0, 0.05) is 17.6 Å². The fourth-order valence-corrected chi connectivity index (χ4v) is 1.37. The van der Waals surface area contributed by atoms with Crippen molar-refractivity contribution in [3.05, 3.63) is 35.4 Å². The summed E-state index contributed by atoms with van der Waals surface area (Å²) >= 11 is 0. The van der Waals surface area contributed by atoms with Crippen LogP contribution in [0.3, 0.4) is 0 Å². The molecule has 0 heterocycles. The van der Waals surface area contributed by atoms with Gasteiger partial charge in [0.1, 0.15) is 0 Å². The largest absolute Gasteiger partial charge is 0.409 e. The molecule has 0 spiro atoms. The molecule has 17 heavy (non-hydrogen) atoms. The summed E-state index contributed by atoms with van der Waals surface area (Å²) in [6.07, 6.45) is 0. The molecule has 0 saturated carbocycles. The lowest BCUT2D eigenvalue weighted by atomic mass is 10.0. The second kappa shape index (κ2) is 5.65. The van der Waals surface area contributed by atoms with E-state index < -0.39 is 0 Å². The molecule has 5 heteroatoms. The van der Waals surface area contributed by atoms with Crippen molar-refractivity contribution in [3.63, 3.8) is 0 Å². The Kier molecular flexibility index (Phi) is 4.48. The van der Waals surface area contributed by atoms with Crippen LogP contribution in [-0.2, 0) is 6.54 Å². The second-order valence-electron chi connectivity index (χ2n) is 4.54. The Morgan fingerprint density at radius 3 is 2.65 bits per heavy atom. The van der Waals surface area contributed by atoms with E-state index in [1.54, 1.807) is 6.07 Å². The number of rotatable bonds is 5. The molecule has 0 aliphatic rings. The van der Waals surface area contributed by atoms with Gasteiger partial charge in [0.25, 0.3) is 0 Å². The first kappa shape index (κ1) is 13.5. The minimum atomic E-state index is -0.363. The van der Waals surface area contributed by atoms with E-state index in [9.17, 15) is 0 Å². The summed E-state index contributed by atoms with van der Waals surface area (Å²) in [7, 11) is 0. The van der Waals surface area contributed by atoms with E-state index in [1.807, 2.05) is 32.0 Å². The average molecular weight is 237 g/mol. The Morgan fingerprint density at radius 2 is 2.06 bits per heavy atom. The minimum absolute atomic E-state index is 0.0404. The molecule has 5 nitrogen and oxygen atoms in total. The van der Waals surface area contributed by atoms with Crippen LogP contribution >= 0.6 is 0 Å². The van der Waals surface area contributed by atoms with Crippen molar-refractivity contribution >= 4 is 5.84 Å². The Hall–Kier alpha value is -1.59. The van der Waals surface area contributed by atoms with Crippen LogP contribution in [-0.4, -0.2) is 28.3 Å². The highest BCUT2D eigenvalue weighted by Gasteiger charge is 2.16. The van der Waals surface area contributed by atoms with Gasteiger partial charge in [0.05, 0.1) is 6.61 Å². The summed E-state index contributed by atoms with van der Waals surface area (Å²) in [5.41, 5.74) is 6.84. The number of nitrogens with zero attached hydrogens (tertiary/aromatic N) is 1. The molecule has 0 fully saturated rings. The Labute approximate surface area is 101 Å². The zero-order chi connectivity index (χ0) is 12.9. The highest BCUT2D eigenvalue weighted by molar-refractivity contribution is 5.98. The van der Waals surface area contributed by atoms with E-state index in [2.05, 4.69) is 10.5 Å². The maximum atomic E-state index is 9.15. The predicted octanol–water partition coefficient (Wildman–Crippen LogP) is 0.642. The summed E-state index contributed by atoms with van der Waals surface area (Å²) in [5.74, 6) is 0.0872. The SMILES string of the molecule is CC(C)(CO)NCc1ccccc1/C(N)=N/O. The zero-order valence-electron chi connectivity index (χ0n) is 10.1. The molecule has 0 aliphatic carbocycles. The minimum Gasteiger partial charge on any atom is -0.409 e. The van der Waals surface area contributed by atoms with Gasteiger partial charge in [-0.25, -0.2) is 0 Å². The van der Waals surface area contributed by atoms with Crippen LogP contribution in [0.4, 0.5) is 0 Å². The first-order valence-corrected chi connectivity index (χ1v) is 5.42. The number of aliphatic hydroxyl groups is 1. The first-order valence-electron chi connectivity index (χ1n) is 5.42. The molecule has 1 aromatic rings. The van der Waals surface area contributed by atoms with E-state index in [0.29, 0.717) is 12.1 Å². The second-order valence-corrected chi connectivity index (χ2v) is 4.54. The monoisotopic (exact) mass is 237 g/mol. The third-order valence-electron chi connectivity index (χ3n) is 2.55. The van der Waals surface area contributed by atoms with Gasteiger partial charge in [-0.05, 0) is 19.4 Å². The Balaban J connectivity index is 2.85. The quantitative estimate of drug-likeness (QED) is 0.262. The van der Waals surface area contributed by atoms with Crippen LogP contribution in [0.2, 0.25) is 0 Å². The lowest BCUT2D eigenvalue weighted by Gasteiger charge is -2.24. The van der Waals surface area contributed by atoms with Gasteiger partial charge in [-0.1, -0.05) is 29.4 Å². The summed E-state index contributed by atoms with van der Waals surface area (Å²) in [5, 5.41) is 24.0. The van der Waals surface area contributed by atoms with Crippen LogP contribution in [0.1, 0.15) is 25.0 Å². The number of aliphatic hydroxyl groups excluding tert-OH is 1. The standard InChI is InChI=1S/C12H19N3O2/c1-12(2,8-16)14-7-9-5-3-4-6-10(9)11(13)15-17/h3-6,14,16-17H,7-8H2,1-2H3,(H2,13,15). The van der Waals surface area contributed by atoms with Gasteiger partial charge in [-0.2, -0.15) is 0 Å². The molecule has 0 bridgehead atoms. The average Bonchev–Trinajstić information content (AvgIpc) is 2.36. The number of hydrogen-bond acceptors (Lipinski definition) is 4. The summed E-state index contributed by atoms with van der Waals surface area (Å²) in [4.78, 5) is 0. The smallest absolute Gasteiger partial charge is 0.170 e. The topological polar surface area (TPSA) is 90.9 Å². The van der Waals surface area contributed by atoms with Crippen molar-refractivity contribution in [2.24, 2.45) is 10.9 Å². The maximum absolute atomic E-state index is 9.15. The number of nitrogens with one attached hydrogen (secondary N) is 1. The van der Waals surface area contributed by atoms with Crippen molar-refractivity contribution in [1.29, 1.82) is 0 Å². The third kappa shape index (κ3) is 3.72. The molecule has 0 aromatic heterocycles. The van der Waals surface area contributed by atoms with E-state index in [-0.39, 0.29) is 18.0 Å². The molecule has 0 atom stereocenters. The fourth-order valence-electron chi connectivity index (χ4n) is 1.37. The number of hydrogen-bond donors (Lipinski definition) is 4. The number of oxime groups is 1. The van der Waals surface area contributed by atoms with E-state index in [4.69, 9.17) is 16.0 Å². The van der Waals surface area contributed by atoms with Gasteiger partial charge in [0.15, 0.2) is 5.84 Å². The predicted molar refractivity (Wildman–Crippen MR) is 67.0 cm³/mol. The van der Waals surface area contributed by atoms with Gasteiger partial charge in [0.2, 0.25) is 0 Å². The first-order chi connectivity index (χ1) is 8.00. The molecule has 1 aromatic carbocycles. The van der Waals surface area contributed by atoms with Crippen LogP contribution in [0.15, 0.2) is 29.4 Å². The number of benzene rings is 1. The fraction of sp³-hybridized carbons (Fsp3) is 0.417. The maximum Gasteiger partial charge on any atom is 0.170 e. The molecule has 0 radical (unpaired) electrons. The van der Waals surface area contributed by atoms with E-state index >= 15 is 0 Å². The van der Waals surface area contributed by atoms with Crippen LogP contribution in [0, 0.1) is 0 Å². The molecule has 5 N–H and O–H groups in total. The highest BCUT2D eigenvalue weighted by Crippen LogP contribution is 2.10. The molecular weight excluding hydrogens is 218 g/mol. The van der Waals surface area contributed by atoms with Crippen molar-refractivity contribution in [2.75, 3.05) is 6.61 Å². The van der Waals surface area contributed by atoms with Crippen LogP contribution in [0.25, 0.3) is 0 Å². The van der Waals surface area contributed by atoms with Crippen LogP contribution in [0.5, 0.6) is 0 Å². The summed E-state index contributed by atoms with van der Waals surface area (Å²) in [6, 6.07) is 7.40. The Bertz CT molecular complexity index is 402. The lowest BCUT2D eigenvalue weighted by molar-refractivity contribution is 0.187.